The van der Waals surface area contributed by atoms with Gasteiger partial charge in [0.15, 0.2) is 0 Å². The number of aromatic hydroxyl groups is 1. The monoisotopic (exact) mass is 256 g/mol. The fraction of sp³-hybridized carbons (Fsp3) is 0.538. The molecule has 3 nitrogen and oxygen atoms in total. The van der Waals surface area contributed by atoms with Crippen molar-refractivity contribution in [2.45, 2.75) is 25.4 Å². The summed E-state index contributed by atoms with van der Waals surface area (Å²) in [6, 6.07) is 8.16. The Morgan fingerprint density at radius 3 is 3.00 bits per heavy atom. The summed E-state index contributed by atoms with van der Waals surface area (Å²) >= 11 is 0. The summed E-state index contributed by atoms with van der Waals surface area (Å²) in [6.45, 7) is 3.20. The highest BCUT2D eigenvalue weighted by Crippen LogP contribution is 2.16. The summed E-state index contributed by atoms with van der Waals surface area (Å²) in [5.74, 6) is 0.361. The van der Waals surface area contributed by atoms with Crippen LogP contribution in [0.4, 0.5) is 0 Å². The van der Waals surface area contributed by atoms with E-state index in [2.05, 4.69) is 16.3 Å². The van der Waals surface area contributed by atoms with Crippen LogP contribution in [0.1, 0.15) is 18.4 Å². The number of piperidine rings is 1. The SMILES string of the molecule is CNC1CCCN(Cc2cccc(O)c2)C1.Cl. The zero-order valence-corrected chi connectivity index (χ0v) is 11.0. The number of halogens is 1. The maximum Gasteiger partial charge on any atom is 0.115 e. The maximum absolute atomic E-state index is 9.41. The van der Waals surface area contributed by atoms with Gasteiger partial charge in [-0.3, -0.25) is 4.90 Å². The summed E-state index contributed by atoms with van der Waals surface area (Å²) in [7, 11) is 2.03. The average molecular weight is 257 g/mol. The molecule has 1 aromatic carbocycles. The van der Waals surface area contributed by atoms with Crippen molar-refractivity contribution < 1.29 is 5.11 Å². The van der Waals surface area contributed by atoms with Gasteiger partial charge in [-0.15, -0.1) is 12.4 Å². The van der Waals surface area contributed by atoms with Crippen molar-refractivity contribution >= 4 is 12.4 Å². The maximum atomic E-state index is 9.41. The molecule has 2 rings (SSSR count). The van der Waals surface area contributed by atoms with Crippen LogP contribution >= 0.6 is 12.4 Å². The van der Waals surface area contributed by atoms with Gasteiger partial charge in [-0.05, 0) is 44.1 Å². The largest absolute Gasteiger partial charge is 0.508 e. The van der Waals surface area contributed by atoms with Gasteiger partial charge in [-0.1, -0.05) is 12.1 Å². The lowest BCUT2D eigenvalue weighted by Crippen LogP contribution is -2.43. The lowest BCUT2D eigenvalue weighted by molar-refractivity contribution is 0.188. The van der Waals surface area contributed by atoms with E-state index in [-0.39, 0.29) is 12.4 Å². The molecule has 1 saturated heterocycles. The fourth-order valence-corrected chi connectivity index (χ4v) is 2.35. The van der Waals surface area contributed by atoms with Gasteiger partial charge < -0.3 is 10.4 Å². The number of nitrogens with one attached hydrogen (secondary N) is 1. The Morgan fingerprint density at radius 2 is 2.29 bits per heavy atom. The number of likely N-dealkylation sites (tertiary alicyclic amines) is 1. The van der Waals surface area contributed by atoms with Gasteiger partial charge in [0.25, 0.3) is 0 Å². The van der Waals surface area contributed by atoms with Gasteiger partial charge in [0.1, 0.15) is 5.75 Å². The molecule has 0 amide bonds. The first-order valence-electron chi connectivity index (χ1n) is 5.95. The number of hydrogen-bond donors (Lipinski definition) is 2. The Hall–Kier alpha value is -0.770. The van der Waals surface area contributed by atoms with Crippen LogP contribution in [-0.4, -0.2) is 36.2 Å². The first-order valence-corrected chi connectivity index (χ1v) is 5.95. The van der Waals surface area contributed by atoms with Gasteiger partial charge in [0, 0.05) is 19.1 Å². The van der Waals surface area contributed by atoms with Gasteiger partial charge in [-0.2, -0.15) is 0 Å². The van der Waals surface area contributed by atoms with Crippen molar-refractivity contribution in [2.24, 2.45) is 0 Å². The van der Waals surface area contributed by atoms with E-state index in [1.54, 1.807) is 6.07 Å². The smallest absolute Gasteiger partial charge is 0.115 e. The summed E-state index contributed by atoms with van der Waals surface area (Å²) in [4.78, 5) is 2.44. The van der Waals surface area contributed by atoms with Crippen molar-refractivity contribution in [2.75, 3.05) is 20.1 Å². The predicted molar refractivity (Wildman–Crippen MR) is 72.7 cm³/mol. The molecule has 1 heterocycles. The van der Waals surface area contributed by atoms with Crippen LogP contribution in [0.15, 0.2) is 24.3 Å². The Kier molecular flexibility index (Phi) is 5.75. The van der Waals surface area contributed by atoms with Gasteiger partial charge in [-0.25, -0.2) is 0 Å². The van der Waals surface area contributed by atoms with Crippen molar-refractivity contribution in [3.8, 4) is 5.75 Å². The third-order valence-electron chi connectivity index (χ3n) is 3.23. The highest BCUT2D eigenvalue weighted by Gasteiger charge is 2.18. The van der Waals surface area contributed by atoms with E-state index >= 15 is 0 Å². The summed E-state index contributed by atoms with van der Waals surface area (Å²) in [5.41, 5.74) is 1.19. The van der Waals surface area contributed by atoms with Gasteiger partial charge >= 0.3 is 0 Å². The van der Waals surface area contributed by atoms with E-state index in [1.165, 1.54) is 18.4 Å². The standard InChI is InChI=1S/C13H20N2O.ClH/c1-14-12-5-3-7-15(10-12)9-11-4-2-6-13(16)8-11;/h2,4,6,8,12,14,16H,3,5,7,9-10H2,1H3;1H. The van der Waals surface area contributed by atoms with Crippen LogP contribution in [0.2, 0.25) is 0 Å². The molecule has 1 aliphatic heterocycles. The molecule has 4 heteroatoms. The zero-order chi connectivity index (χ0) is 11.4. The third-order valence-corrected chi connectivity index (χ3v) is 3.23. The van der Waals surface area contributed by atoms with Crippen LogP contribution in [0.25, 0.3) is 0 Å². The van der Waals surface area contributed by atoms with Crippen LogP contribution in [-0.2, 0) is 6.54 Å². The molecule has 1 aliphatic rings. The minimum absolute atomic E-state index is 0. The molecule has 0 saturated carbocycles. The van der Waals surface area contributed by atoms with Gasteiger partial charge in [0.2, 0.25) is 0 Å². The van der Waals surface area contributed by atoms with Crippen LogP contribution in [0.5, 0.6) is 5.75 Å². The first kappa shape index (κ1) is 14.3. The number of phenolic OH excluding ortho intramolecular Hbond substituents is 1. The molecule has 0 radical (unpaired) electrons. The molecular weight excluding hydrogens is 236 g/mol. The van der Waals surface area contributed by atoms with Crippen LogP contribution in [0.3, 0.4) is 0 Å². The van der Waals surface area contributed by atoms with E-state index < -0.39 is 0 Å². The number of hydrogen-bond acceptors (Lipinski definition) is 3. The Balaban J connectivity index is 0.00000144. The quantitative estimate of drug-likeness (QED) is 0.868. The minimum atomic E-state index is 0. The number of rotatable bonds is 3. The second-order valence-corrected chi connectivity index (χ2v) is 4.53. The molecule has 2 N–H and O–H groups in total. The summed E-state index contributed by atoms with van der Waals surface area (Å²) in [6.07, 6.45) is 2.53. The number of likely N-dealkylation sites (N-methyl/N-ethyl adjacent to an activating group) is 1. The molecular formula is C13H21ClN2O. The number of nitrogens with zero attached hydrogens (tertiary/aromatic N) is 1. The fourth-order valence-electron chi connectivity index (χ4n) is 2.35. The Bertz CT molecular complexity index is 346. The van der Waals surface area contributed by atoms with Crippen molar-refractivity contribution in [1.29, 1.82) is 0 Å². The lowest BCUT2D eigenvalue weighted by Gasteiger charge is -2.32. The van der Waals surface area contributed by atoms with Crippen molar-refractivity contribution in [1.82, 2.24) is 10.2 Å². The molecule has 1 aromatic rings. The zero-order valence-electron chi connectivity index (χ0n) is 10.2. The molecule has 0 aromatic heterocycles. The van der Waals surface area contributed by atoms with E-state index in [4.69, 9.17) is 0 Å². The normalized spacial score (nSPS) is 20.9. The second-order valence-electron chi connectivity index (χ2n) is 4.53. The third kappa shape index (κ3) is 4.19. The molecule has 17 heavy (non-hydrogen) atoms. The molecule has 1 unspecified atom stereocenters. The van der Waals surface area contributed by atoms with Crippen molar-refractivity contribution in [3.05, 3.63) is 29.8 Å². The minimum Gasteiger partial charge on any atom is -0.508 e. The Morgan fingerprint density at radius 1 is 1.47 bits per heavy atom. The number of benzene rings is 1. The molecule has 0 aliphatic carbocycles. The highest BCUT2D eigenvalue weighted by molar-refractivity contribution is 5.85. The van der Waals surface area contributed by atoms with E-state index in [9.17, 15) is 5.11 Å². The van der Waals surface area contributed by atoms with Crippen molar-refractivity contribution in [3.63, 3.8) is 0 Å². The molecule has 0 spiro atoms. The average Bonchev–Trinajstić information content (AvgIpc) is 2.29. The van der Waals surface area contributed by atoms with Gasteiger partial charge in [0.05, 0.1) is 0 Å². The molecule has 96 valence electrons. The molecule has 1 atom stereocenters. The van der Waals surface area contributed by atoms with Crippen LogP contribution in [0, 0.1) is 0 Å². The van der Waals surface area contributed by atoms with E-state index in [0.717, 1.165) is 19.6 Å². The lowest BCUT2D eigenvalue weighted by atomic mass is 10.1. The summed E-state index contributed by atoms with van der Waals surface area (Å²) < 4.78 is 0. The first-order chi connectivity index (χ1) is 7.78. The second kappa shape index (κ2) is 6.84. The van der Waals surface area contributed by atoms with E-state index in [0.29, 0.717) is 11.8 Å². The Labute approximate surface area is 109 Å². The number of phenols is 1. The topological polar surface area (TPSA) is 35.5 Å². The van der Waals surface area contributed by atoms with E-state index in [1.807, 2.05) is 19.2 Å². The molecule has 0 bridgehead atoms. The highest BCUT2D eigenvalue weighted by atomic mass is 35.5. The summed E-state index contributed by atoms with van der Waals surface area (Å²) in [5, 5.41) is 12.7. The molecule has 1 fully saturated rings. The van der Waals surface area contributed by atoms with Crippen LogP contribution < -0.4 is 5.32 Å². The predicted octanol–water partition coefficient (Wildman–Crippen LogP) is 2.00.